The van der Waals surface area contributed by atoms with E-state index in [-0.39, 0.29) is 41.2 Å². The Bertz CT molecular complexity index is 1640. The summed E-state index contributed by atoms with van der Waals surface area (Å²) >= 11 is 0. The molecular formula is C33H42N10O4. The zero-order valence-electron chi connectivity index (χ0n) is 26.9. The Morgan fingerprint density at radius 1 is 1.13 bits per heavy atom. The molecule has 2 heterocycles. The van der Waals surface area contributed by atoms with Crippen LogP contribution in [0.1, 0.15) is 65.2 Å². The number of hydrazine groups is 1. The monoisotopic (exact) mass is 642 g/mol. The smallest absolute Gasteiger partial charge is 0.270 e. The number of nitrogens with two attached hydrogens (primary N) is 3. The maximum atomic E-state index is 13.2. The highest BCUT2D eigenvalue weighted by Crippen LogP contribution is 2.34. The van der Waals surface area contributed by atoms with Gasteiger partial charge in [-0.1, -0.05) is 36.4 Å². The van der Waals surface area contributed by atoms with Gasteiger partial charge >= 0.3 is 0 Å². The zero-order valence-corrected chi connectivity index (χ0v) is 26.9. The summed E-state index contributed by atoms with van der Waals surface area (Å²) in [6.07, 6.45) is 9.77. The largest absolute Gasteiger partial charge is 0.394 e. The van der Waals surface area contributed by atoms with Gasteiger partial charge in [-0.05, 0) is 61.6 Å². The Labute approximate surface area is 273 Å². The molecule has 0 spiro atoms. The molecule has 1 aromatic carbocycles. The molecule has 1 saturated carbocycles. The number of nitrogens with one attached hydrogen (secondary N) is 3. The zero-order chi connectivity index (χ0) is 34.5. The molecule has 1 aliphatic heterocycles. The highest BCUT2D eigenvalue weighted by Gasteiger charge is 2.29. The number of anilines is 1. The maximum absolute atomic E-state index is 13.2. The number of hydrazone groups is 1. The minimum Gasteiger partial charge on any atom is -0.394 e. The van der Waals surface area contributed by atoms with Gasteiger partial charge in [-0.15, -0.1) is 0 Å². The fraction of sp³-hybridized carbons (Fsp3) is 0.303. The Morgan fingerprint density at radius 3 is 2.47 bits per heavy atom. The third kappa shape index (κ3) is 9.05. The number of hydrogen-bond donors (Lipinski definition) is 6. The molecule has 1 aromatic heterocycles. The molecular weight excluding hydrogens is 600 g/mol. The Hall–Kier alpha value is -5.47. The lowest BCUT2D eigenvalue weighted by Gasteiger charge is -2.21. The molecule has 248 valence electrons. The number of hydrogen-bond acceptors (Lipinski definition) is 12. The molecule has 9 N–H and O–H groups in total. The number of benzene rings is 1. The number of ketones is 1. The summed E-state index contributed by atoms with van der Waals surface area (Å²) in [5, 5.41) is 9.41. The summed E-state index contributed by atoms with van der Waals surface area (Å²) in [6.45, 7) is 7.80. The SMILES string of the molecule is C=C/C=C1\C(=C(\C)C/C=N/N)CCC1NC(=O)c1cc(C(=O)NCc2ccc3c(c2)N(/C(C=O)=C(\N)C(C)=O)CC3)ncn1.CNN. The van der Waals surface area contributed by atoms with Crippen LogP contribution >= 0.6 is 0 Å². The molecule has 1 unspecified atom stereocenters. The summed E-state index contributed by atoms with van der Waals surface area (Å²) in [5.41, 5.74) is 14.0. The fourth-order valence-corrected chi connectivity index (χ4v) is 5.41. The average molecular weight is 643 g/mol. The lowest BCUT2D eigenvalue weighted by atomic mass is 10.00. The first-order valence-corrected chi connectivity index (χ1v) is 15.0. The molecule has 1 aliphatic carbocycles. The predicted molar refractivity (Wildman–Crippen MR) is 181 cm³/mol. The van der Waals surface area contributed by atoms with E-state index >= 15 is 0 Å². The third-order valence-corrected chi connectivity index (χ3v) is 7.72. The van der Waals surface area contributed by atoms with Crippen LogP contribution in [0.25, 0.3) is 0 Å². The number of carbonyl (C=O) groups is 4. The van der Waals surface area contributed by atoms with Gasteiger partial charge in [0.15, 0.2) is 12.1 Å². The van der Waals surface area contributed by atoms with E-state index in [4.69, 9.17) is 11.6 Å². The minimum atomic E-state index is -0.483. The third-order valence-electron chi connectivity index (χ3n) is 7.72. The molecule has 1 atom stereocenters. The van der Waals surface area contributed by atoms with Crippen LogP contribution in [0.2, 0.25) is 0 Å². The van der Waals surface area contributed by atoms with Crippen molar-refractivity contribution in [3.8, 4) is 0 Å². The second kappa shape index (κ2) is 17.3. The topological polar surface area (TPSA) is 224 Å². The molecule has 0 radical (unpaired) electrons. The molecule has 2 aliphatic rings. The van der Waals surface area contributed by atoms with Gasteiger partial charge < -0.3 is 27.1 Å². The van der Waals surface area contributed by atoms with E-state index in [9.17, 15) is 19.2 Å². The number of aromatic nitrogens is 2. The van der Waals surface area contributed by atoms with Crippen molar-refractivity contribution in [1.82, 2.24) is 26.0 Å². The number of carbonyl (C=O) groups excluding carboxylic acids is 4. The average Bonchev–Trinajstić information content (AvgIpc) is 3.67. The van der Waals surface area contributed by atoms with Crippen molar-refractivity contribution in [1.29, 1.82) is 0 Å². The van der Waals surface area contributed by atoms with E-state index < -0.39 is 11.8 Å². The number of allylic oxidation sites excluding steroid dienone is 5. The lowest BCUT2D eigenvalue weighted by molar-refractivity contribution is -0.114. The van der Waals surface area contributed by atoms with E-state index in [1.165, 1.54) is 19.3 Å². The van der Waals surface area contributed by atoms with Gasteiger partial charge in [0.25, 0.3) is 11.8 Å². The molecule has 0 saturated heterocycles. The van der Waals surface area contributed by atoms with Crippen LogP contribution in [0.5, 0.6) is 0 Å². The maximum Gasteiger partial charge on any atom is 0.270 e. The van der Waals surface area contributed by atoms with Gasteiger partial charge in [0.1, 0.15) is 29.1 Å². The number of rotatable bonds is 11. The van der Waals surface area contributed by atoms with Crippen LogP contribution in [0.3, 0.4) is 0 Å². The first-order chi connectivity index (χ1) is 22.6. The molecule has 14 heteroatoms. The Balaban J connectivity index is 0.00000192. The number of nitrogens with zero attached hydrogens (tertiary/aromatic N) is 4. The normalized spacial score (nSPS) is 17.7. The lowest BCUT2D eigenvalue weighted by Crippen LogP contribution is -2.35. The summed E-state index contributed by atoms with van der Waals surface area (Å²) in [4.78, 5) is 59.6. The van der Waals surface area contributed by atoms with Crippen molar-refractivity contribution in [3.05, 3.63) is 100.0 Å². The summed E-state index contributed by atoms with van der Waals surface area (Å²) in [7, 11) is 1.65. The van der Waals surface area contributed by atoms with Crippen LogP contribution in [0, 0.1) is 0 Å². The van der Waals surface area contributed by atoms with Crippen molar-refractivity contribution in [2.45, 2.75) is 52.1 Å². The van der Waals surface area contributed by atoms with Crippen molar-refractivity contribution in [3.63, 3.8) is 0 Å². The molecule has 1 fully saturated rings. The van der Waals surface area contributed by atoms with Crippen LogP contribution in [-0.2, 0) is 22.6 Å². The van der Waals surface area contributed by atoms with Gasteiger partial charge in [0.2, 0.25) is 0 Å². The summed E-state index contributed by atoms with van der Waals surface area (Å²) in [5.74, 6) is 8.56. The summed E-state index contributed by atoms with van der Waals surface area (Å²) < 4.78 is 0. The molecule has 4 rings (SSSR count). The number of Topliss-reactive ketones (excluding diaryl/α,β-unsaturated/α-hetero) is 1. The van der Waals surface area contributed by atoms with Crippen molar-refractivity contribution in [2.24, 2.45) is 22.5 Å². The predicted octanol–water partition coefficient (Wildman–Crippen LogP) is 1.46. The van der Waals surface area contributed by atoms with Gasteiger partial charge in [-0.25, -0.2) is 9.97 Å². The molecule has 47 heavy (non-hydrogen) atoms. The number of amides is 2. The van der Waals surface area contributed by atoms with Crippen molar-refractivity contribution in [2.75, 3.05) is 18.5 Å². The van der Waals surface area contributed by atoms with Gasteiger partial charge in [-0.3, -0.25) is 30.4 Å². The number of fused-ring (bicyclic) bond motifs is 1. The van der Waals surface area contributed by atoms with E-state index in [1.54, 1.807) is 24.2 Å². The van der Waals surface area contributed by atoms with E-state index in [0.717, 1.165) is 40.0 Å². The van der Waals surface area contributed by atoms with E-state index in [2.05, 4.69) is 43.6 Å². The van der Waals surface area contributed by atoms with Crippen LogP contribution in [0.15, 0.2) is 82.5 Å². The second-order valence-electron chi connectivity index (χ2n) is 10.8. The van der Waals surface area contributed by atoms with Gasteiger partial charge in [-0.2, -0.15) is 5.10 Å². The highest BCUT2D eigenvalue weighted by molar-refractivity contribution is 6.00. The quantitative estimate of drug-likeness (QED) is 0.0676. The van der Waals surface area contributed by atoms with Crippen LogP contribution in [-0.4, -0.2) is 59.7 Å². The van der Waals surface area contributed by atoms with E-state index in [0.29, 0.717) is 32.1 Å². The highest BCUT2D eigenvalue weighted by atomic mass is 16.2. The molecule has 14 nitrogen and oxygen atoms in total. The molecule has 2 aromatic rings. The van der Waals surface area contributed by atoms with Crippen LogP contribution < -0.4 is 38.4 Å². The van der Waals surface area contributed by atoms with Crippen LogP contribution in [0.4, 0.5) is 5.69 Å². The first kappa shape index (κ1) is 36.0. The van der Waals surface area contributed by atoms with Gasteiger partial charge in [0.05, 0.1) is 6.04 Å². The fourth-order valence-electron chi connectivity index (χ4n) is 5.41. The minimum absolute atomic E-state index is 0.0409. The second-order valence-corrected chi connectivity index (χ2v) is 10.8. The number of aldehydes is 1. The Morgan fingerprint density at radius 2 is 1.83 bits per heavy atom. The molecule has 2 amide bonds. The van der Waals surface area contributed by atoms with Crippen molar-refractivity contribution >= 4 is 35.8 Å². The standard InChI is InChI=1S/C32H36N8O4.CH6N2/c1-4-5-24-23(19(2)10-12-38-34)8-9-25(24)39-32(44)27-15-26(36-18-37-27)31(43)35-16-21-6-7-22-11-13-40(28(22)14-21)29(17-41)30(33)20(3)42;1-3-2/h4-7,12,14-15,17-18,25H,1,8-11,13,16,33-34H2,2-3H3,(H,35,43)(H,39,44);3H,2H2,1H3/b23-19-,24-5+,30-29-,38-12+;. The summed E-state index contributed by atoms with van der Waals surface area (Å²) in [6, 6.07) is 6.76. The first-order valence-electron chi connectivity index (χ1n) is 15.0. The van der Waals surface area contributed by atoms with E-state index in [1.807, 2.05) is 31.2 Å². The Kier molecular flexibility index (Phi) is 13.2. The van der Waals surface area contributed by atoms with Gasteiger partial charge in [0, 0.05) is 44.4 Å². The molecule has 0 bridgehead atoms. The van der Waals surface area contributed by atoms with Crippen molar-refractivity contribution < 1.29 is 19.2 Å².